The molecular formula is C27H39IO4. The highest BCUT2D eigenvalue weighted by atomic mass is 127. The summed E-state index contributed by atoms with van der Waals surface area (Å²) < 4.78 is 7.82. The average molecular weight is 555 g/mol. The zero-order chi connectivity index (χ0) is 23.2. The van der Waals surface area contributed by atoms with Gasteiger partial charge in [0.2, 0.25) is 0 Å². The van der Waals surface area contributed by atoms with Gasteiger partial charge in [-0.25, -0.2) is 0 Å². The number of fused-ring (bicyclic) bond motifs is 2. The molecule has 3 saturated carbocycles. The molecule has 0 radical (unpaired) electrons. The van der Waals surface area contributed by atoms with Gasteiger partial charge in [0.1, 0.15) is 11.7 Å². The van der Waals surface area contributed by atoms with Gasteiger partial charge in [-0.05, 0) is 67.1 Å². The maximum atomic E-state index is 13.6. The summed E-state index contributed by atoms with van der Waals surface area (Å²) in [6.45, 7) is 11.1. The Labute approximate surface area is 206 Å². The van der Waals surface area contributed by atoms with E-state index in [9.17, 15) is 14.7 Å². The van der Waals surface area contributed by atoms with E-state index in [1.807, 2.05) is 0 Å². The lowest BCUT2D eigenvalue weighted by Crippen LogP contribution is -2.65. The molecule has 6 unspecified atom stereocenters. The summed E-state index contributed by atoms with van der Waals surface area (Å²) in [4.78, 5) is 26.8. The van der Waals surface area contributed by atoms with Crippen LogP contribution >= 0.6 is 22.6 Å². The maximum Gasteiger partial charge on any atom is 0.315 e. The third-order valence-corrected chi connectivity index (χ3v) is 11.8. The summed E-state index contributed by atoms with van der Waals surface area (Å²) in [6, 6.07) is 0. The van der Waals surface area contributed by atoms with Crippen molar-refractivity contribution < 1.29 is 19.4 Å². The van der Waals surface area contributed by atoms with Crippen LogP contribution in [0.5, 0.6) is 0 Å². The van der Waals surface area contributed by atoms with Crippen molar-refractivity contribution in [3.8, 4) is 0 Å². The first kappa shape index (κ1) is 23.3. The molecule has 0 amide bonds. The van der Waals surface area contributed by atoms with Crippen molar-refractivity contribution in [2.45, 2.75) is 78.9 Å². The summed E-state index contributed by atoms with van der Waals surface area (Å²) in [5.41, 5.74) is -1.37. The van der Waals surface area contributed by atoms with E-state index in [1.165, 1.54) is 0 Å². The monoisotopic (exact) mass is 554 g/mol. The number of rotatable bonds is 6. The lowest BCUT2D eigenvalue weighted by Gasteiger charge is -2.60. The van der Waals surface area contributed by atoms with E-state index in [4.69, 9.17) is 4.74 Å². The van der Waals surface area contributed by atoms with Gasteiger partial charge in [0.15, 0.2) is 0 Å². The Bertz CT molecular complexity index is 851. The van der Waals surface area contributed by atoms with Gasteiger partial charge >= 0.3 is 5.97 Å². The van der Waals surface area contributed by atoms with Gasteiger partial charge in [0.25, 0.3) is 0 Å². The van der Waals surface area contributed by atoms with Gasteiger partial charge in [0, 0.05) is 9.84 Å². The molecule has 1 aliphatic heterocycles. The first-order chi connectivity index (χ1) is 15.1. The van der Waals surface area contributed by atoms with Crippen LogP contribution in [0.2, 0.25) is 0 Å². The number of ether oxygens (including phenoxy) is 1. The molecule has 10 atom stereocenters. The summed E-state index contributed by atoms with van der Waals surface area (Å²) in [5.74, 6) is 1.61. The first-order valence-corrected chi connectivity index (χ1v) is 14.3. The first-order valence-electron chi connectivity index (χ1n) is 12.8. The molecule has 1 saturated heterocycles. The second kappa shape index (κ2) is 7.53. The number of halogens is 1. The van der Waals surface area contributed by atoms with Crippen LogP contribution in [-0.2, 0) is 14.3 Å². The Morgan fingerprint density at radius 2 is 2.00 bits per heavy atom. The highest BCUT2D eigenvalue weighted by Gasteiger charge is 2.86. The second-order valence-corrected chi connectivity index (χ2v) is 13.2. The number of aliphatic carboxylic acids is 1. The molecule has 1 N–H and O–H groups in total. The van der Waals surface area contributed by atoms with Gasteiger partial charge in [-0.1, -0.05) is 75.3 Å². The molecule has 32 heavy (non-hydrogen) atoms. The average Bonchev–Trinajstić information content (AvgIpc) is 3.45. The van der Waals surface area contributed by atoms with Crippen molar-refractivity contribution in [2.24, 2.45) is 57.7 Å². The van der Waals surface area contributed by atoms with Crippen LogP contribution in [0.25, 0.3) is 0 Å². The molecule has 1 heterocycles. The van der Waals surface area contributed by atoms with E-state index in [1.54, 1.807) is 0 Å². The van der Waals surface area contributed by atoms with E-state index < -0.39 is 22.2 Å². The lowest BCUT2D eigenvalue weighted by molar-refractivity contribution is -0.196. The molecule has 4 aliphatic carbocycles. The number of carboxylic acid groups (broad SMARTS) is 1. The minimum Gasteiger partial charge on any atom is -0.481 e. The number of carboxylic acids is 1. The summed E-state index contributed by atoms with van der Waals surface area (Å²) in [7, 11) is 0. The number of carbonyl (C=O) groups is 2. The van der Waals surface area contributed by atoms with Crippen molar-refractivity contribution in [1.29, 1.82) is 0 Å². The van der Waals surface area contributed by atoms with E-state index in [0.29, 0.717) is 30.1 Å². The zero-order valence-corrected chi connectivity index (χ0v) is 22.3. The van der Waals surface area contributed by atoms with Crippen LogP contribution in [0.4, 0.5) is 0 Å². The predicted octanol–water partition coefficient (Wildman–Crippen LogP) is 5.78. The van der Waals surface area contributed by atoms with Gasteiger partial charge in [-0.3, -0.25) is 4.79 Å². The van der Waals surface area contributed by atoms with Gasteiger partial charge < -0.3 is 14.6 Å². The molecule has 0 aromatic carbocycles. The molecule has 5 aliphatic rings. The van der Waals surface area contributed by atoms with E-state index in [0.717, 1.165) is 42.0 Å². The standard InChI is InChI=1S/C27H39IO4/c1-14(2)18-9-23(32-22(18)12-28)26-11-19-16(5)6-7-20(19)25(13-29)10-17(26)8-21(15(3)4)27(25,26)24(30)31/h8,13-20,22-23H,6-7,9-12H2,1-5H3,(H,30,31)/t16-,17?,18?,19-,20-,22?,23?,25?,26?,27+/m1/s1. The number of aldehydes is 1. The topological polar surface area (TPSA) is 63.6 Å². The molecule has 0 aromatic heterocycles. The number of hydrogen-bond donors (Lipinski definition) is 1. The van der Waals surface area contributed by atoms with Crippen LogP contribution in [-0.4, -0.2) is 34.0 Å². The predicted molar refractivity (Wildman–Crippen MR) is 133 cm³/mol. The van der Waals surface area contributed by atoms with Crippen LogP contribution in [0.15, 0.2) is 11.6 Å². The van der Waals surface area contributed by atoms with Crippen LogP contribution in [0.3, 0.4) is 0 Å². The Morgan fingerprint density at radius 3 is 2.53 bits per heavy atom. The molecule has 5 rings (SSSR count). The molecule has 0 aromatic rings. The highest BCUT2D eigenvalue weighted by molar-refractivity contribution is 14.1. The summed E-state index contributed by atoms with van der Waals surface area (Å²) >= 11 is 2.43. The van der Waals surface area contributed by atoms with E-state index >= 15 is 0 Å². The Balaban J connectivity index is 1.74. The Hall–Kier alpha value is -0.430. The zero-order valence-electron chi connectivity index (χ0n) is 20.1. The number of allylic oxidation sites excluding steroid dienone is 1. The minimum atomic E-state index is -1.11. The fourth-order valence-corrected chi connectivity index (χ4v) is 10.7. The molecule has 178 valence electrons. The number of carbonyl (C=O) groups excluding carboxylic acids is 1. The largest absolute Gasteiger partial charge is 0.481 e. The third-order valence-electron chi connectivity index (χ3n) is 10.9. The normalized spacial score (nSPS) is 51.4. The van der Waals surface area contributed by atoms with Crippen LogP contribution in [0.1, 0.15) is 66.7 Å². The molecule has 4 fully saturated rings. The highest BCUT2D eigenvalue weighted by Crippen LogP contribution is 2.84. The van der Waals surface area contributed by atoms with E-state index in [2.05, 4.69) is 63.3 Å². The smallest absolute Gasteiger partial charge is 0.315 e. The van der Waals surface area contributed by atoms with Crippen molar-refractivity contribution in [2.75, 3.05) is 4.43 Å². The quantitative estimate of drug-likeness (QED) is 0.196. The lowest BCUT2D eigenvalue weighted by atomic mass is 9.41. The molecule has 4 bridgehead atoms. The number of hydrogen-bond acceptors (Lipinski definition) is 3. The molecular weight excluding hydrogens is 515 g/mol. The Kier molecular flexibility index (Phi) is 5.49. The maximum absolute atomic E-state index is 13.6. The van der Waals surface area contributed by atoms with Crippen molar-refractivity contribution >= 4 is 34.8 Å². The van der Waals surface area contributed by atoms with Gasteiger partial charge in [0.05, 0.1) is 17.6 Å². The summed E-state index contributed by atoms with van der Waals surface area (Å²) in [5, 5.41) is 11.2. The minimum absolute atomic E-state index is 0.0844. The third kappa shape index (κ3) is 2.43. The SMILES string of the molecule is CC(C)C1=CC2CC3(C=O)[C@@H]4CC[C@@H](C)[C@H]4CC2(C2CC(C(C)C)C(CI)O2)[C@]13C(=O)O. The van der Waals surface area contributed by atoms with Crippen LogP contribution < -0.4 is 0 Å². The van der Waals surface area contributed by atoms with Crippen molar-refractivity contribution in [3.63, 3.8) is 0 Å². The fourth-order valence-electron chi connectivity index (χ4n) is 9.80. The number of alkyl halides is 1. The molecule has 5 heteroatoms. The van der Waals surface area contributed by atoms with Gasteiger partial charge in [-0.2, -0.15) is 0 Å². The summed E-state index contributed by atoms with van der Waals surface area (Å²) in [6.07, 6.45) is 8.16. The second-order valence-electron chi connectivity index (χ2n) is 12.3. The van der Waals surface area contributed by atoms with Crippen molar-refractivity contribution in [1.82, 2.24) is 0 Å². The fraction of sp³-hybridized carbons (Fsp3) is 0.852. The molecule has 0 spiro atoms. The Morgan fingerprint density at radius 1 is 1.28 bits per heavy atom. The van der Waals surface area contributed by atoms with Crippen LogP contribution in [0, 0.1) is 57.7 Å². The van der Waals surface area contributed by atoms with Gasteiger partial charge in [-0.15, -0.1) is 0 Å². The molecule has 4 nitrogen and oxygen atoms in total. The van der Waals surface area contributed by atoms with Crippen molar-refractivity contribution in [3.05, 3.63) is 11.6 Å². The van der Waals surface area contributed by atoms with E-state index in [-0.39, 0.29) is 30.0 Å².